The zero-order valence-corrected chi connectivity index (χ0v) is 19.1. The number of unbranched alkanes of at least 4 members (excludes halogenated alkanes) is 3. The van der Waals surface area contributed by atoms with Gasteiger partial charge in [0.05, 0.1) is 0 Å². The van der Waals surface area contributed by atoms with E-state index >= 15 is 4.39 Å². The topological polar surface area (TPSA) is 0 Å². The summed E-state index contributed by atoms with van der Waals surface area (Å²) < 4.78 is 15.1. The molecule has 2 heteroatoms. The van der Waals surface area contributed by atoms with Crippen LogP contribution in [-0.4, -0.2) is 0 Å². The molecule has 0 aliphatic heterocycles. The van der Waals surface area contributed by atoms with Crippen LogP contribution < -0.4 is 0 Å². The fraction of sp³-hybridized carbons (Fsp3) is 0.200. The number of hydrogen-bond donors (Lipinski definition) is 0. The Morgan fingerprint density at radius 3 is 2.22 bits per heavy atom. The lowest BCUT2D eigenvalue weighted by Gasteiger charge is -2.07. The normalized spacial score (nSPS) is 10.7. The van der Waals surface area contributed by atoms with Gasteiger partial charge in [0.15, 0.2) is 0 Å². The Morgan fingerprint density at radius 2 is 1.47 bits per heavy atom. The number of rotatable bonds is 6. The average molecular weight is 441 g/mol. The maximum Gasteiger partial charge on any atom is 0.138 e. The number of fused-ring (bicyclic) bond motifs is 1. The molecule has 0 atom stereocenters. The molecule has 160 valence electrons. The maximum absolute atomic E-state index is 15.1. The summed E-state index contributed by atoms with van der Waals surface area (Å²) in [4.78, 5) is 0. The summed E-state index contributed by atoms with van der Waals surface area (Å²) in [5, 5.41) is 2.07. The molecule has 32 heavy (non-hydrogen) atoms. The van der Waals surface area contributed by atoms with Gasteiger partial charge in [0.1, 0.15) is 5.82 Å². The van der Waals surface area contributed by atoms with Crippen molar-refractivity contribution in [2.24, 2.45) is 0 Å². The Morgan fingerprint density at radius 1 is 0.750 bits per heavy atom. The average Bonchev–Trinajstić information content (AvgIpc) is 2.82. The summed E-state index contributed by atoms with van der Waals surface area (Å²) in [6.45, 7) is 2.23. The van der Waals surface area contributed by atoms with Crippen molar-refractivity contribution in [2.75, 3.05) is 0 Å². The van der Waals surface area contributed by atoms with E-state index in [4.69, 9.17) is 11.6 Å². The van der Waals surface area contributed by atoms with E-state index in [2.05, 4.69) is 43.0 Å². The van der Waals surface area contributed by atoms with E-state index in [9.17, 15) is 0 Å². The van der Waals surface area contributed by atoms with Crippen LogP contribution in [0.2, 0.25) is 5.02 Å². The molecule has 0 aliphatic carbocycles. The lowest BCUT2D eigenvalue weighted by Crippen LogP contribution is -1.88. The lowest BCUT2D eigenvalue weighted by molar-refractivity contribution is 0.643. The van der Waals surface area contributed by atoms with Gasteiger partial charge in [0, 0.05) is 27.1 Å². The standard InChI is InChI=1S/C30H26ClF/c1-2-3-4-5-6-22-7-9-23(10-8-22)11-12-24-13-19-29-26(21-24)16-20-28(30(29)32)25-14-17-27(31)18-15-25/h7-10,13-21H,2-6H2,1H3. The van der Waals surface area contributed by atoms with E-state index in [1.807, 2.05) is 42.5 Å². The van der Waals surface area contributed by atoms with Crippen LogP contribution in [0.1, 0.15) is 49.3 Å². The summed E-state index contributed by atoms with van der Waals surface area (Å²) in [6.07, 6.45) is 6.23. The van der Waals surface area contributed by atoms with E-state index in [-0.39, 0.29) is 5.82 Å². The van der Waals surface area contributed by atoms with Crippen LogP contribution in [0.25, 0.3) is 21.9 Å². The smallest absolute Gasteiger partial charge is 0.138 e. The van der Waals surface area contributed by atoms with Crippen LogP contribution in [0.4, 0.5) is 4.39 Å². The second-order valence-electron chi connectivity index (χ2n) is 8.13. The van der Waals surface area contributed by atoms with Crippen LogP contribution in [0.15, 0.2) is 78.9 Å². The van der Waals surface area contributed by atoms with E-state index < -0.39 is 0 Å². The molecule has 4 aromatic rings. The molecule has 0 bridgehead atoms. The SMILES string of the molecule is CCCCCCc1ccc(C#Cc2ccc3c(F)c(-c4ccc(Cl)cc4)ccc3c2)cc1. The molecule has 0 fully saturated rings. The Labute approximate surface area is 195 Å². The van der Waals surface area contributed by atoms with Crippen LogP contribution in [0.3, 0.4) is 0 Å². The van der Waals surface area contributed by atoms with Crippen LogP contribution >= 0.6 is 11.6 Å². The van der Waals surface area contributed by atoms with Crippen molar-refractivity contribution in [3.63, 3.8) is 0 Å². The quantitative estimate of drug-likeness (QED) is 0.207. The number of hydrogen-bond acceptors (Lipinski definition) is 0. The van der Waals surface area contributed by atoms with Gasteiger partial charge in [-0.2, -0.15) is 0 Å². The van der Waals surface area contributed by atoms with Crippen LogP contribution in [-0.2, 0) is 6.42 Å². The summed E-state index contributed by atoms with van der Waals surface area (Å²) in [5.74, 6) is 6.22. The summed E-state index contributed by atoms with van der Waals surface area (Å²) in [5.41, 5.74) is 4.62. The van der Waals surface area contributed by atoms with Crippen molar-refractivity contribution in [2.45, 2.75) is 39.0 Å². The first-order valence-corrected chi connectivity index (χ1v) is 11.6. The van der Waals surface area contributed by atoms with Gasteiger partial charge in [-0.25, -0.2) is 4.39 Å². The fourth-order valence-electron chi connectivity index (χ4n) is 3.88. The summed E-state index contributed by atoms with van der Waals surface area (Å²) >= 11 is 5.96. The second kappa shape index (κ2) is 10.5. The van der Waals surface area contributed by atoms with E-state index in [0.717, 1.165) is 28.5 Å². The molecule has 0 saturated heterocycles. The minimum Gasteiger partial charge on any atom is -0.206 e. The van der Waals surface area contributed by atoms with Crippen molar-refractivity contribution in [1.82, 2.24) is 0 Å². The maximum atomic E-state index is 15.1. The number of halogens is 2. The van der Waals surface area contributed by atoms with Gasteiger partial charge in [-0.1, -0.05) is 92.1 Å². The largest absolute Gasteiger partial charge is 0.206 e. The lowest BCUT2D eigenvalue weighted by atomic mass is 9.99. The predicted octanol–water partition coefficient (Wildman–Crippen LogP) is 8.82. The molecule has 4 aromatic carbocycles. The molecular weight excluding hydrogens is 415 g/mol. The monoisotopic (exact) mass is 440 g/mol. The van der Waals surface area contributed by atoms with Crippen molar-refractivity contribution in [1.29, 1.82) is 0 Å². The van der Waals surface area contributed by atoms with Crippen molar-refractivity contribution >= 4 is 22.4 Å². The van der Waals surface area contributed by atoms with Crippen LogP contribution in [0.5, 0.6) is 0 Å². The van der Waals surface area contributed by atoms with E-state index in [1.54, 1.807) is 12.1 Å². The molecule has 0 N–H and O–H groups in total. The van der Waals surface area contributed by atoms with E-state index in [1.165, 1.54) is 31.2 Å². The molecular formula is C30H26ClF. The Balaban J connectivity index is 1.51. The van der Waals surface area contributed by atoms with Gasteiger partial charge >= 0.3 is 0 Å². The first-order valence-electron chi connectivity index (χ1n) is 11.2. The summed E-state index contributed by atoms with van der Waals surface area (Å²) in [6, 6.07) is 25.1. The highest BCUT2D eigenvalue weighted by Crippen LogP contribution is 2.30. The zero-order chi connectivity index (χ0) is 22.3. The third-order valence-corrected chi connectivity index (χ3v) is 5.99. The molecule has 0 amide bonds. The molecule has 0 saturated carbocycles. The highest BCUT2D eigenvalue weighted by Gasteiger charge is 2.09. The molecule has 0 heterocycles. The zero-order valence-electron chi connectivity index (χ0n) is 18.3. The Kier molecular flexibility index (Phi) is 7.25. The molecule has 0 radical (unpaired) electrons. The Hall–Kier alpha value is -3.08. The molecule has 0 spiro atoms. The van der Waals surface area contributed by atoms with Crippen LogP contribution in [0, 0.1) is 17.7 Å². The molecule has 0 nitrogen and oxygen atoms in total. The predicted molar refractivity (Wildman–Crippen MR) is 135 cm³/mol. The van der Waals surface area contributed by atoms with Gasteiger partial charge in [-0.05, 0) is 65.8 Å². The number of aryl methyl sites for hydroxylation is 1. The first-order chi connectivity index (χ1) is 15.6. The van der Waals surface area contributed by atoms with Gasteiger partial charge in [0.2, 0.25) is 0 Å². The molecule has 0 unspecified atom stereocenters. The highest BCUT2D eigenvalue weighted by molar-refractivity contribution is 6.30. The Bertz CT molecular complexity index is 1260. The minimum absolute atomic E-state index is 0.223. The molecule has 0 aromatic heterocycles. The van der Waals surface area contributed by atoms with Crippen molar-refractivity contribution < 1.29 is 4.39 Å². The minimum atomic E-state index is -0.223. The van der Waals surface area contributed by atoms with Gasteiger partial charge in [-0.3, -0.25) is 0 Å². The first kappa shape index (κ1) is 22.1. The number of benzene rings is 4. The van der Waals surface area contributed by atoms with Gasteiger partial charge in [0.25, 0.3) is 0 Å². The van der Waals surface area contributed by atoms with Crippen molar-refractivity contribution in [3.05, 3.63) is 106 Å². The summed E-state index contributed by atoms with van der Waals surface area (Å²) in [7, 11) is 0. The molecule has 0 aliphatic rings. The van der Waals surface area contributed by atoms with Gasteiger partial charge in [-0.15, -0.1) is 0 Å². The third-order valence-electron chi connectivity index (χ3n) is 5.73. The second-order valence-corrected chi connectivity index (χ2v) is 8.56. The fourth-order valence-corrected chi connectivity index (χ4v) is 4.00. The van der Waals surface area contributed by atoms with Crippen molar-refractivity contribution in [3.8, 4) is 23.0 Å². The third kappa shape index (κ3) is 5.39. The van der Waals surface area contributed by atoms with E-state index in [0.29, 0.717) is 16.0 Å². The van der Waals surface area contributed by atoms with Gasteiger partial charge < -0.3 is 0 Å². The highest BCUT2D eigenvalue weighted by atomic mass is 35.5. The molecule has 4 rings (SSSR count).